The fourth-order valence-electron chi connectivity index (χ4n) is 4.78. The minimum absolute atomic E-state index is 0.271. The number of nitriles is 1. The number of carbonyl (C=O) groups is 1. The molecule has 0 fully saturated rings. The van der Waals surface area contributed by atoms with Crippen LogP contribution in [-0.2, 0) is 17.9 Å². The van der Waals surface area contributed by atoms with E-state index in [1.165, 1.54) is 0 Å². The molecule has 0 bridgehead atoms. The van der Waals surface area contributed by atoms with Crippen molar-refractivity contribution in [3.63, 3.8) is 0 Å². The Morgan fingerprint density at radius 1 is 1.23 bits per heavy atom. The zero-order valence-electron chi connectivity index (χ0n) is 19.9. The topological polar surface area (TPSA) is 91.4 Å². The molecular formula is C28H26N4O3. The summed E-state index contributed by atoms with van der Waals surface area (Å²) in [6.07, 6.45) is 2.93. The number of ether oxygens (including phenoxy) is 1. The Morgan fingerprint density at radius 2 is 2.06 bits per heavy atom. The largest absolute Gasteiger partial charge is 0.457 e. The van der Waals surface area contributed by atoms with Crippen LogP contribution in [0.2, 0.25) is 0 Å². The number of pyridine rings is 1. The van der Waals surface area contributed by atoms with Gasteiger partial charge in [-0.25, -0.2) is 9.78 Å². The summed E-state index contributed by atoms with van der Waals surface area (Å²) in [5.41, 5.74) is 6.87. The van der Waals surface area contributed by atoms with E-state index in [4.69, 9.17) is 10.00 Å². The van der Waals surface area contributed by atoms with Gasteiger partial charge in [0.15, 0.2) is 0 Å². The second-order valence-electron chi connectivity index (χ2n) is 9.14. The third-order valence-corrected chi connectivity index (χ3v) is 6.72. The van der Waals surface area contributed by atoms with Gasteiger partial charge < -0.3 is 14.4 Å². The number of hydrogen-bond donors (Lipinski definition) is 1. The number of aliphatic hydroxyl groups is 1. The number of hydrogen-bond acceptors (Lipinski definition) is 6. The summed E-state index contributed by atoms with van der Waals surface area (Å²) in [5.74, 6) is 0.483. The van der Waals surface area contributed by atoms with Crippen LogP contribution in [-0.4, -0.2) is 39.1 Å². The fraction of sp³-hybridized carbons (Fsp3) is 0.250. The smallest absolute Gasteiger partial charge is 0.338 e. The van der Waals surface area contributed by atoms with Gasteiger partial charge in [-0.3, -0.25) is 4.90 Å². The van der Waals surface area contributed by atoms with E-state index in [9.17, 15) is 9.90 Å². The molecule has 0 amide bonds. The lowest BCUT2D eigenvalue weighted by atomic mass is 9.95. The molecule has 176 valence electrons. The standard InChI is InChI=1S/C28H26N4O3/c1-17-10-27(30-13-21(17)12-29)32-9-8-20-11-19(4-7-25(20)32)14-31(3)15-26(33)22-5-6-23-24(18(22)2)16-35-28(23)34/h4-11,13,26,33H,14-16H2,1-3H3. The van der Waals surface area contributed by atoms with Crippen LogP contribution in [0.5, 0.6) is 0 Å². The van der Waals surface area contributed by atoms with Crippen molar-refractivity contribution in [2.24, 2.45) is 0 Å². The van der Waals surface area contributed by atoms with Gasteiger partial charge in [0.05, 0.1) is 22.7 Å². The molecule has 3 heterocycles. The summed E-state index contributed by atoms with van der Waals surface area (Å²) < 4.78 is 7.15. The molecule has 1 atom stereocenters. The van der Waals surface area contributed by atoms with Gasteiger partial charge in [-0.2, -0.15) is 5.26 Å². The molecule has 2 aromatic carbocycles. The van der Waals surface area contributed by atoms with Gasteiger partial charge in [-0.1, -0.05) is 12.1 Å². The molecular weight excluding hydrogens is 440 g/mol. The lowest BCUT2D eigenvalue weighted by Crippen LogP contribution is -2.24. The van der Waals surface area contributed by atoms with Crippen molar-refractivity contribution < 1.29 is 14.6 Å². The molecule has 35 heavy (non-hydrogen) atoms. The third kappa shape index (κ3) is 4.18. The highest BCUT2D eigenvalue weighted by atomic mass is 16.5. The van der Waals surface area contributed by atoms with E-state index in [1.54, 1.807) is 12.3 Å². The van der Waals surface area contributed by atoms with E-state index in [0.29, 0.717) is 24.2 Å². The highest BCUT2D eigenvalue weighted by Gasteiger charge is 2.26. The Balaban J connectivity index is 1.31. The van der Waals surface area contributed by atoms with Crippen LogP contribution in [0.3, 0.4) is 0 Å². The number of aliphatic hydroxyl groups excluding tert-OH is 1. The van der Waals surface area contributed by atoms with Crippen molar-refractivity contribution in [3.8, 4) is 11.9 Å². The minimum Gasteiger partial charge on any atom is -0.457 e. The maximum atomic E-state index is 11.8. The Hall–Kier alpha value is -3.99. The van der Waals surface area contributed by atoms with Crippen molar-refractivity contribution in [1.29, 1.82) is 5.26 Å². The highest BCUT2D eigenvalue weighted by Crippen LogP contribution is 2.30. The molecule has 1 aliphatic rings. The molecule has 1 unspecified atom stereocenters. The average molecular weight is 467 g/mol. The third-order valence-electron chi connectivity index (χ3n) is 6.72. The molecule has 0 saturated heterocycles. The summed E-state index contributed by atoms with van der Waals surface area (Å²) in [6, 6.07) is 16.0. The number of fused-ring (bicyclic) bond motifs is 2. The second-order valence-corrected chi connectivity index (χ2v) is 9.14. The molecule has 1 aliphatic heterocycles. The van der Waals surface area contributed by atoms with E-state index in [1.807, 2.05) is 43.8 Å². The monoisotopic (exact) mass is 466 g/mol. The Kier molecular flexibility index (Phi) is 5.85. The van der Waals surface area contributed by atoms with Crippen LogP contribution in [0.1, 0.15) is 49.8 Å². The number of rotatable bonds is 6. The Morgan fingerprint density at radius 3 is 2.83 bits per heavy atom. The maximum absolute atomic E-state index is 11.8. The summed E-state index contributed by atoms with van der Waals surface area (Å²) in [7, 11) is 1.98. The summed E-state index contributed by atoms with van der Waals surface area (Å²) in [5, 5.41) is 21.2. The van der Waals surface area contributed by atoms with Crippen LogP contribution < -0.4 is 0 Å². The minimum atomic E-state index is -0.670. The number of benzene rings is 2. The predicted octanol–water partition coefficient (Wildman–Crippen LogP) is 4.35. The normalized spacial score (nSPS) is 13.7. The van der Waals surface area contributed by atoms with Crippen LogP contribution in [0.25, 0.3) is 16.7 Å². The van der Waals surface area contributed by atoms with E-state index in [-0.39, 0.29) is 12.6 Å². The van der Waals surface area contributed by atoms with E-state index < -0.39 is 6.10 Å². The first-order chi connectivity index (χ1) is 16.9. The van der Waals surface area contributed by atoms with E-state index in [0.717, 1.165) is 44.5 Å². The summed E-state index contributed by atoms with van der Waals surface area (Å²) >= 11 is 0. The molecule has 0 aliphatic carbocycles. The predicted molar refractivity (Wildman–Crippen MR) is 132 cm³/mol. The van der Waals surface area contributed by atoms with Crippen molar-refractivity contribution in [3.05, 3.63) is 93.8 Å². The van der Waals surface area contributed by atoms with Crippen LogP contribution in [0.4, 0.5) is 0 Å². The summed E-state index contributed by atoms with van der Waals surface area (Å²) in [4.78, 5) is 18.3. The molecule has 0 saturated carbocycles. The molecule has 5 rings (SSSR count). The van der Waals surface area contributed by atoms with E-state index >= 15 is 0 Å². The van der Waals surface area contributed by atoms with Crippen LogP contribution in [0, 0.1) is 25.2 Å². The van der Waals surface area contributed by atoms with Gasteiger partial charge in [0.2, 0.25) is 0 Å². The van der Waals surface area contributed by atoms with Gasteiger partial charge in [0, 0.05) is 36.4 Å². The lowest BCUT2D eigenvalue weighted by molar-refractivity contribution is 0.0535. The maximum Gasteiger partial charge on any atom is 0.338 e. The first kappa shape index (κ1) is 22.8. The zero-order chi connectivity index (χ0) is 24.7. The number of nitrogens with zero attached hydrogens (tertiary/aromatic N) is 4. The van der Waals surface area contributed by atoms with Gasteiger partial charge in [0.25, 0.3) is 0 Å². The van der Waals surface area contributed by atoms with Crippen LogP contribution >= 0.6 is 0 Å². The van der Waals surface area contributed by atoms with Gasteiger partial charge in [0.1, 0.15) is 18.5 Å². The molecule has 7 nitrogen and oxygen atoms in total. The second kappa shape index (κ2) is 8.99. The first-order valence-corrected chi connectivity index (χ1v) is 11.5. The number of aromatic nitrogens is 2. The zero-order valence-corrected chi connectivity index (χ0v) is 19.9. The molecule has 0 spiro atoms. The van der Waals surface area contributed by atoms with Crippen molar-refractivity contribution in [1.82, 2.24) is 14.5 Å². The van der Waals surface area contributed by atoms with E-state index in [2.05, 4.69) is 40.2 Å². The first-order valence-electron chi connectivity index (χ1n) is 11.5. The lowest BCUT2D eigenvalue weighted by Gasteiger charge is -2.22. The molecule has 1 N–H and O–H groups in total. The number of carbonyl (C=O) groups excluding carboxylic acids is 1. The van der Waals surface area contributed by atoms with Crippen LogP contribution in [0.15, 0.2) is 54.9 Å². The highest BCUT2D eigenvalue weighted by molar-refractivity contribution is 5.94. The fourth-order valence-corrected chi connectivity index (χ4v) is 4.78. The summed E-state index contributed by atoms with van der Waals surface area (Å²) in [6.45, 7) is 5.25. The number of aryl methyl sites for hydroxylation is 1. The van der Waals surface area contributed by atoms with Gasteiger partial charge in [-0.15, -0.1) is 0 Å². The van der Waals surface area contributed by atoms with Crippen molar-refractivity contribution in [2.75, 3.05) is 13.6 Å². The molecule has 0 radical (unpaired) electrons. The number of likely N-dealkylation sites (N-methyl/N-ethyl adjacent to an activating group) is 1. The molecule has 7 heteroatoms. The van der Waals surface area contributed by atoms with Gasteiger partial charge in [-0.05, 0) is 73.5 Å². The Bertz CT molecular complexity index is 1500. The van der Waals surface area contributed by atoms with Crippen molar-refractivity contribution >= 4 is 16.9 Å². The SMILES string of the molecule is Cc1cc(-n2ccc3cc(CN(C)CC(O)c4ccc5c(c4C)COC5=O)ccc32)ncc1C#N. The number of cyclic esters (lactones) is 1. The molecule has 2 aromatic heterocycles. The van der Waals surface area contributed by atoms with Gasteiger partial charge >= 0.3 is 5.97 Å². The Labute approximate surface area is 203 Å². The molecule has 4 aromatic rings. The van der Waals surface area contributed by atoms with Crippen molar-refractivity contribution in [2.45, 2.75) is 33.1 Å². The average Bonchev–Trinajstić information content (AvgIpc) is 3.43. The number of esters is 1. The quantitative estimate of drug-likeness (QED) is 0.425.